The van der Waals surface area contributed by atoms with Gasteiger partial charge in [-0.1, -0.05) is 11.6 Å². The number of halogens is 1. The monoisotopic (exact) mass is 298 g/mol. The lowest BCUT2D eigenvalue weighted by Gasteiger charge is -2.08. The SMILES string of the molecule is CCn1c(Sc2ccc(Cl)cc2CCN)n[nH]c1=O. The number of hydrogen-bond donors (Lipinski definition) is 2. The maximum absolute atomic E-state index is 11.5. The maximum atomic E-state index is 11.5. The molecule has 0 aliphatic heterocycles. The van der Waals surface area contributed by atoms with Gasteiger partial charge in [-0.2, -0.15) is 0 Å². The molecule has 102 valence electrons. The predicted molar refractivity (Wildman–Crippen MR) is 76.9 cm³/mol. The molecule has 0 saturated heterocycles. The molecule has 1 aromatic heterocycles. The molecule has 0 saturated carbocycles. The molecule has 0 amide bonds. The van der Waals surface area contributed by atoms with Crippen molar-refractivity contribution in [3.05, 3.63) is 39.3 Å². The average molecular weight is 299 g/mol. The van der Waals surface area contributed by atoms with Gasteiger partial charge in [-0.25, -0.2) is 9.89 Å². The van der Waals surface area contributed by atoms with Crippen LogP contribution >= 0.6 is 23.4 Å². The first-order valence-corrected chi connectivity index (χ1v) is 7.16. The molecular weight excluding hydrogens is 284 g/mol. The summed E-state index contributed by atoms with van der Waals surface area (Å²) in [6.07, 6.45) is 0.740. The summed E-state index contributed by atoms with van der Waals surface area (Å²) in [5.74, 6) is 0. The fourth-order valence-electron chi connectivity index (χ4n) is 1.76. The summed E-state index contributed by atoms with van der Waals surface area (Å²) in [5, 5.41) is 7.82. The zero-order chi connectivity index (χ0) is 13.8. The predicted octanol–water partition coefficient (Wildman–Crippen LogP) is 1.90. The van der Waals surface area contributed by atoms with Gasteiger partial charge in [-0.05, 0) is 55.4 Å². The van der Waals surface area contributed by atoms with Crippen molar-refractivity contribution in [2.75, 3.05) is 6.54 Å². The van der Waals surface area contributed by atoms with Gasteiger partial charge >= 0.3 is 5.69 Å². The zero-order valence-electron chi connectivity index (χ0n) is 10.5. The Morgan fingerprint density at radius 2 is 2.32 bits per heavy atom. The molecule has 0 atom stereocenters. The molecule has 0 aliphatic rings. The lowest BCUT2D eigenvalue weighted by Crippen LogP contribution is -2.16. The molecule has 0 aliphatic carbocycles. The topological polar surface area (TPSA) is 76.7 Å². The second-order valence-electron chi connectivity index (χ2n) is 3.95. The third-order valence-electron chi connectivity index (χ3n) is 2.68. The number of hydrogen-bond acceptors (Lipinski definition) is 4. The molecule has 1 heterocycles. The van der Waals surface area contributed by atoms with Gasteiger partial charge in [-0.15, -0.1) is 5.10 Å². The summed E-state index contributed by atoms with van der Waals surface area (Å²) in [4.78, 5) is 12.5. The van der Waals surface area contributed by atoms with Crippen LogP contribution in [-0.4, -0.2) is 21.3 Å². The normalized spacial score (nSPS) is 10.9. The Morgan fingerprint density at radius 1 is 1.53 bits per heavy atom. The first kappa shape index (κ1) is 14.2. The van der Waals surface area contributed by atoms with Gasteiger partial charge in [0.2, 0.25) is 0 Å². The highest BCUT2D eigenvalue weighted by Crippen LogP contribution is 2.30. The number of benzene rings is 1. The number of rotatable bonds is 5. The summed E-state index contributed by atoms with van der Waals surface area (Å²) < 4.78 is 1.59. The highest BCUT2D eigenvalue weighted by atomic mass is 35.5. The number of nitrogens with zero attached hydrogens (tertiary/aromatic N) is 2. The van der Waals surface area contributed by atoms with E-state index in [-0.39, 0.29) is 5.69 Å². The van der Waals surface area contributed by atoms with Crippen LogP contribution in [0.5, 0.6) is 0 Å². The van der Waals surface area contributed by atoms with E-state index in [1.807, 2.05) is 25.1 Å². The van der Waals surface area contributed by atoms with Gasteiger partial charge in [-0.3, -0.25) is 4.57 Å². The van der Waals surface area contributed by atoms with E-state index in [1.165, 1.54) is 11.8 Å². The highest BCUT2D eigenvalue weighted by molar-refractivity contribution is 7.99. The van der Waals surface area contributed by atoms with Gasteiger partial charge in [0.05, 0.1) is 0 Å². The summed E-state index contributed by atoms with van der Waals surface area (Å²) in [6, 6.07) is 5.65. The molecule has 1 aromatic carbocycles. The second-order valence-corrected chi connectivity index (χ2v) is 5.39. The largest absolute Gasteiger partial charge is 0.343 e. The van der Waals surface area contributed by atoms with Crippen LogP contribution in [0.1, 0.15) is 12.5 Å². The molecule has 0 spiro atoms. The second kappa shape index (κ2) is 6.27. The minimum atomic E-state index is -0.195. The van der Waals surface area contributed by atoms with Gasteiger partial charge in [0.25, 0.3) is 0 Å². The smallest absolute Gasteiger partial charge is 0.330 e. The van der Waals surface area contributed by atoms with E-state index < -0.39 is 0 Å². The van der Waals surface area contributed by atoms with Crippen LogP contribution in [0.25, 0.3) is 0 Å². The molecule has 0 unspecified atom stereocenters. The van der Waals surface area contributed by atoms with Gasteiger partial charge in [0.1, 0.15) is 0 Å². The molecule has 2 aromatic rings. The maximum Gasteiger partial charge on any atom is 0.343 e. The van der Waals surface area contributed by atoms with Crippen molar-refractivity contribution >= 4 is 23.4 Å². The van der Waals surface area contributed by atoms with Crippen molar-refractivity contribution in [3.8, 4) is 0 Å². The molecule has 3 N–H and O–H groups in total. The summed E-state index contributed by atoms with van der Waals surface area (Å²) >= 11 is 7.43. The molecule has 5 nitrogen and oxygen atoms in total. The molecule has 0 bridgehead atoms. The van der Waals surface area contributed by atoms with Crippen molar-refractivity contribution in [1.82, 2.24) is 14.8 Å². The fourth-order valence-corrected chi connectivity index (χ4v) is 2.99. The number of H-pyrrole nitrogens is 1. The van der Waals surface area contributed by atoms with E-state index in [4.69, 9.17) is 17.3 Å². The van der Waals surface area contributed by atoms with Crippen molar-refractivity contribution < 1.29 is 0 Å². The van der Waals surface area contributed by atoms with E-state index in [9.17, 15) is 4.79 Å². The summed E-state index contributed by atoms with van der Waals surface area (Å²) in [5.41, 5.74) is 6.48. The van der Waals surface area contributed by atoms with Crippen LogP contribution in [0.2, 0.25) is 5.02 Å². The molecule has 19 heavy (non-hydrogen) atoms. The van der Waals surface area contributed by atoms with Crippen molar-refractivity contribution in [1.29, 1.82) is 0 Å². The number of nitrogens with one attached hydrogen (secondary N) is 1. The van der Waals surface area contributed by atoms with Gasteiger partial charge < -0.3 is 5.73 Å². The van der Waals surface area contributed by atoms with Crippen LogP contribution in [0.3, 0.4) is 0 Å². The standard InChI is InChI=1S/C12H15ClN4OS/c1-2-17-11(18)15-16-12(17)19-10-4-3-9(13)7-8(10)5-6-14/h3-4,7H,2,5-6,14H2,1H3,(H,15,18). The Morgan fingerprint density at radius 3 is 3.00 bits per heavy atom. The van der Waals surface area contributed by atoms with Crippen molar-refractivity contribution in [2.45, 2.75) is 29.9 Å². The van der Waals surface area contributed by atoms with Crippen molar-refractivity contribution in [3.63, 3.8) is 0 Å². The van der Waals surface area contributed by atoms with E-state index in [1.54, 1.807) is 4.57 Å². The molecule has 2 rings (SSSR count). The molecule has 7 heteroatoms. The Bertz CT molecular complexity index is 622. The number of aromatic nitrogens is 3. The summed E-state index contributed by atoms with van der Waals surface area (Å²) in [7, 11) is 0. The zero-order valence-corrected chi connectivity index (χ0v) is 12.1. The Balaban J connectivity index is 2.34. The van der Waals surface area contributed by atoms with Gasteiger partial charge in [0, 0.05) is 16.5 Å². The molecular formula is C12H15ClN4OS. The van der Waals surface area contributed by atoms with Crippen LogP contribution in [0, 0.1) is 0 Å². The lowest BCUT2D eigenvalue weighted by molar-refractivity contribution is 0.660. The summed E-state index contributed by atoms with van der Waals surface area (Å²) in [6.45, 7) is 3.04. The minimum absolute atomic E-state index is 0.195. The molecule has 0 radical (unpaired) electrons. The minimum Gasteiger partial charge on any atom is -0.330 e. The first-order chi connectivity index (χ1) is 9.15. The third kappa shape index (κ3) is 3.20. The Labute approximate surface area is 120 Å². The van der Waals surface area contributed by atoms with Crippen molar-refractivity contribution in [2.24, 2.45) is 5.73 Å². The highest BCUT2D eigenvalue weighted by Gasteiger charge is 2.11. The Kier molecular flexibility index (Phi) is 4.68. The van der Waals surface area contributed by atoms with E-state index in [0.29, 0.717) is 23.3 Å². The lowest BCUT2D eigenvalue weighted by atomic mass is 10.1. The number of aromatic amines is 1. The molecule has 0 fully saturated rings. The number of nitrogens with two attached hydrogens (primary N) is 1. The first-order valence-electron chi connectivity index (χ1n) is 5.97. The fraction of sp³-hybridized carbons (Fsp3) is 0.333. The van der Waals surface area contributed by atoms with E-state index in [0.717, 1.165) is 16.9 Å². The Hall–Kier alpha value is -1.24. The quantitative estimate of drug-likeness (QED) is 0.884. The van der Waals surface area contributed by atoms with E-state index >= 15 is 0 Å². The van der Waals surface area contributed by atoms with Crippen LogP contribution in [0.15, 0.2) is 33.0 Å². The third-order valence-corrected chi connectivity index (χ3v) is 4.02. The van der Waals surface area contributed by atoms with Crippen LogP contribution in [-0.2, 0) is 13.0 Å². The van der Waals surface area contributed by atoms with Crippen LogP contribution in [0.4, 0.5) is 0 Å². The van der Waals surface area contributed by atoms with Gasteiger partial charge in [0.15, 0.2) is 5.16 Å². The average Bonchev–Trinajstić information content (AvgIpc) is 2.73. The van der Waals surface area contributed by atoms with E-state index in [2.05, 4.69) is 10.2 Å². The van der Waals surface area contributed by atoms with Crippen LogP contribution < -0.4 is 11.4 Å².